The molecule has 8 aromatic rings. The van der Waals surface area contributed by atoms with E-state index < -0.39 is 0 Å². The van der Waals surface area contributed by atoms with Gasteiger partial charge in [0.15, 0.2) is 0 Å². The lowest BCUT2D eigenvalue weighted by Gasteiger charge is -2.27. The summed E-state index contributed by atoms with van der Waals surface area (Å²) in [5.74, 6) is 0. The molecule has 0 bridgehead atoms. The van der Waals surface area contributed by atoms with E-state index in [0.29, 0.717) is 0 Å². The average molecular weight is 655 g/mol. The van der Waals surface area contributed by atoms with E-state index in [-0.39, 0.29) is 0 Å². The molecular weight excluding hydrogens is 617 g/mol. The molecule has 0 spiro atoms. The summed E-state index contributed by atoms with van der Waals surface area (Å²) in [6.07, 6.45) is 9.08. The molecule has 2 heteroatoms. The number of benzene rings is 8. The van der Waals surface area contributed by atoms with Crippen LogP contribution in [-0.2, 0) is 0 Å². The Morgan fingerprint density at radius 3 is 1.78 bits per heavy atom. The van der Waals surface area contributed by atoms with Gasteiger partial charge in [-0.25, -0.2) is 0 Å². The Labute approximate surface area is 299 Å². The zero-order valence-electron chi connectivity index (χ0n) is 28.7. The monoisotopic (exact) mass is 654 g/mol. The van der Waals surface area contributed by atoms with Crippen molar-refractivity contribution in [3.8, 4) is 11.1 Å². The minimum absolute atomic E-state index is 1.09. The quantitative estimate of drug-likeness (QED) is 0.158. The summed E-state index contributed by atoms with van der Waals surface area (Å²) in [7, 11) is 2.16. The predicted octanol–water partition coefficient (Wildman–Crippen LogP) is 13.8. The lowest BCUT2D eigenvalue weighted by Crippen LogP contribution is -2.10. The molecule has 0 unspecified atom stereocenters. The van der Waals surface area contributed by atoms with E-state index in [1.165, 1.54) is 60.3 Å². The maximum absolute atomic E-state index is 2.37. The van der Waals surface area contributed by atoms with E-state index in [2.05, 4.69) is 205 Å². The predicted molar refractivity (Wildman–Crippen MR) is 220 cm³/mol. The lowest BCUT2D eigenvalue weighted by atomic mass is 9.98. The van der Waals surface area contributed by atoms with Crippen LogP contribution in [0.25, 0.3) is 49.0 Å². The third kappa shape index (κ3) is 5.85. The van der Waals surface area contributed by atoms with Crippen molar-refractivity contribution < 1.29 is 0 Å². The van der Waals surface area contributed by atoms with Crippen LogP contribution in [0, 0.1) is 0 Å². The van der Waals surface area contributed by atoms with Crippen LogP contribution in [0.1, 0.15) is 18.4 Å². The Kier molecular flexibility index (Phi) is 7.91. The normalized spacial score (nSPS) is 12.7. The fraction of sp³-hybridized carbons (Fsp3) is 0.0612. The second-order valence-corrected chi connectivity index (χ2v) is 13.4. The van der Waals surface area contributed by atoms with Crippen LogP contribution in [0.4, 0.5) is 28.4 Å². The number of nitrogens with zero attached hydrogens (tertiary/aromatic N) is 2. The highest BCUT2D eigenvalue weighted by atomic mass is 15.1. The van der Waals surface area contributed by atoms with E-state index in [1.807, 2.05) is 0 Å². The van der Waals surface area contributed by atoms with Crippen LogP contribution in [0.3, 0.4) is 0 Å². The molecule has 9 rings (SSSR count). The standard InChI is InChI=1S/C49H38N2/c1-50(49-34-41-16-7-8-19-46(41)47-20-9-10-21-48(47)49)42-27-22-37(23-28-42)38-24-29-43(30-25-38)51(45-31-26-36-14-5-6-15-39(36)33-45)44-18-11-17-40(32-44)35-12-3-2-4-13-35/h3,5-34H,2,4H2,1H3. The molecule has 1 aliphatic rings. The second-order valence-electron chi connectivity index (χ2n) is 13.4. The Morgan fingerprint density at radius 2 is 1.04 bits per heavy atom. The SMILES string of the molecule is CN(c1ccc(-c2ccc(N(c3cccc(C4=CCCC=C4)c3)c3ccc4ccccc4c3)cc2)cc1)c1cc2ccccc2c2ccccc12. The van der Waals surface area contributed by atoms with Gasteiger partial charge < -0.3 is 9.80 Å². The largest absolute Gasteiger partial charge is 0.344 e. The topological polar surface area (TPSA) is 6.48 Å². The van der Waals surface area contributed by atoms with Crippen molar-refractivity contribution in [3.63, 3.8) is 0 Å². The molecule has 2 nitrogen and oxygen atoms in total. The van der Waals surface area contributed by atoms with Crippen molar-refractivity contribution in [2.75, 3.05) is 16.8 Å². The van der Waals surface area contributed by atoms with Crippen LogP contribution >= 0.6 is 0 Å². The summed E-state index contributed by atoms with van der Waals surface area (Å²) in [6, 6.07) is 61.9. The number of anilines is 5. The number of rotatable bonds is 7. The second kappa shape index (κ2) is 13.2. The Morgan fingerprint density at radius 1 is 0.412 bits per heavy atom. The Hall–Kier alpha value is -6.38. The Balaban J connectivity index is 1.05. The molecule has 0 N–H and O–H groups in total. The van der Waals surface area contributed by atoms with Crippen LogP contribution in [0.15, 0.2) is 188 Å². The summed E-state index contributed by atoms with van der Waals surface area (Å²) < 4.78 is 0. The van der Waals surface area contributed by atoms with E-state index >= 15 is 0 Å². The molecule has 0 aromatic heterocycles. The first kappa shape index (κ1) is 30.7. The number of allylic oxidation sites excluding steroid dienone is 4. The van der Waals surface area contributed by atoms with Crippen LogP contribution < -0.4 is 9.80 Å². The zero-order valence-corrected chi connectivity index (χ0v) is 28.7. The first-order chi connectivity index (χ1) is 25.2. The molecule has 1 aliphatic carbocycles. The molecular formula is C49H38N2. The summed E-state index contributed by atoms with van der Waals surface area (Å²) in [5.41, 5.74) is 10.7. The molecule has 0 saturated carbocycles. The fourth-order valence-electron chi connectivity index (χ4n) is 7.55. The number of hydrogen-bond acceptors (Lipinski definition) is 2. The van der Waals surface area contributed by atoms with E-state index in [1.54, 1.807) is 0 Å². The van der Waals surface area contributed by atoms with E-state index in [9.17, 15) is 0 Å². The maximum atomic E-state index is 2.37. The van der Waals surface area contributed by atoms with Crippen molar-refractivity contribution in [2.45, 2.75) is 12.8 Å². The molecule has 0 atom stereocenters. The lowest BCUT2D eigenvalue weighted by molar-refractivity contribution is 1.04. The van der Waals surface area contributed by atoms with Gasteiger partial charge in [0.2, 0.25) is 0 Å². The van der Waals surface area contributed by atoms with Crippen LogP contribution in [-0.4, -0.2) is 7.05 Å². The highest BCUT2D eigenvalue weighted by Crippen LogP contribution is 2.40. The zero-order chi connectivity index (χ0) is 34.1. The highest BCUT2D eigenvalue weighted by molar-refractivity contribution is 6.13. The van der Waals surface area contributed by atoms with E-state index in [0.717, 1.165) is 35.6 Å². The molecule has 0 radical (unpaired) electrons. The van der Waals surface area contributed by atoms with Crippen molar-refractivity contribution in [1.82, 2.24) is 0 Å². The van der Waals surface area contributed by atoms with Gasteiger partial charge >= 0.3 is 0 Å². The summed E-state index contributed by atoms with van der Waals surface area (Å²) in [5, 5.41) is 7.54. The molecule has 0 saturated heterocycles. The number of hydrogen-bond donors (Lipinski definition) is 0. The van der Waals surface area contributed by atoms with Gasteiger partial charge in [0.1, 0.15) is 0 Å². The molecule has 0 amide bonds. The van der Waals surface area contributed by atoms with Gasteiger partial charge in [-0.05, 0) is 117 Å². The minimum atomic E-state index is 1.09. The van der Waals surface area contributed by atoms with Crippen LogP contribution in [0.5, 0.6) is 0 Å². The molecule has 0 heterocycles. The first-order valence-corrected chi connectivity index (χ1v) is 17.8. The van der Waals surface area contributed by atoms with Gasteiger partial charge in [0.05, 0.1) is 0 Å². The maximum Gasteiger partial charge on any atom is 0.0494 e. The van der Waals surface area contributed by atoms with Crippen molar-refractivity contribution in [3.05, 3.63) is 194 Å². The van der Waals surface area contributed by atoms with Crippen molar-refractivity contribution in [2.24, 2.45) is 0 Å². The average Bonchev–Trinajstić information content (AvgIpc) is 3.21. The van der Waals surface area contributed by atoms with Gasteiger partial charge in [-0.3, -0.25) is 0 Å². The van der Waals surface area contributed by atoms with Crippen LogP contribution in [0.2, 0.25) is 0 Å². The third-order valence-corrected chi connectivity index (χ3v) is 10.2. The molecule has 0 fully saturated rings. The van der Waals surface area contributed by atoms with Gasteiger partial charge in [0, 0.05) is 40.9 Å². The van der Waals surface area contributed by atoms with Crippen molar-refractivity contribution in [1.29, 1.82) is 0 Å². The first-order valence-electron chi connectivity index (χ1n) is 17.8. The third-order valence-electron chi connectivity index (χ3n) is 10.2. The molecule has 0 aliphatic heterocycles. The van der Waals surface area contributed by atoms with Gasteiger partial charge in [0.25, 0.3) is 0 Å². The Bertz CT molecular complexity index is 2590. The summed E-state index contributed by atoms with van der Waals surface area (Å²) >= 11 is 0. The van der Waals surface area contributed by atoms with Gasteiger partial charge in [-0.15, -0.1) is 0 Å². The molecule has 51 heavy (non-hydrogen) atoms. The van der Waals surface area contributed by atoms with Gasteiger partial charge in [-0.2, -0.15) is 0 Å². The van der Waals surface area contributed by atoms with Crippen molar-refractivity contribution >= 4 is 66.3 Å². The molecule has 8 aromatic carbocycles. The minimum Gasteiger partial charge on any atom is -0.344 e. The smallest absolute Gasteiger partial charge is 0.0494 e. The summed E-state index contributed by atoms with van der Waals surface area (Å²) in [6.45, 7) is 0. The van der Waals surface area contributed by atoms with Gasteiger partial charge in [-0.1, -0.05) is 133 Å². The highest BCUT2D eigenvalue weighted by Gasteiger charge is 2.16. The molecule has 244 valence electrons. The number of fused-ring (bicyclic) bond motifs is 4. The fourth-order valence-corrected chi connectivity index (χ4v) is 7.55. The summed E-state index contributed by atoms with van der Waals surface area (Å²) in [4.78, 5) is 4.68. The van der Waals surface area contributed by atoms with E-state index in [4.69, 9.17) is 0 Å².